The molecule has 1 saturated heterocycles. The molecule has 0 amide bonds. The molecular formula is C25H33N3O4. The van der Waals surface area contributed by atoms with E-state index in [2.05, 4.69) is 33.0 Å². The van der Waals surface area contributed by atoms with Gasteiger partial charge in [0, 0.05) is 9.85 Å². The third kappa shape index (κ3) is 4.39. The first-order chi connectivity index (χ1) is 14.9. The van der Waals surface area contributed by atoms with Crippen LogP contribution in [0.5, 0.6) is 0 Å². The zero-order valence-electron chi connectivity index (χ0n) is 19.6. The third-order valence-electron chi connectivity index (χ3n) is 6.89. The Labute approximate surface area is 189 Å². The summed E-state index contributed by atoms with van der Waals surface area (Å²) in [6.07, 6.45) is 0. The quantitative estimate of drug-likeness (QED) is 0.464. The molecule has 3 rings (SSSR count). The molecule has 0 spiro atoms. The van der Waals surface area contributed by atoms with Crippen LogP contribution in [0, 0.1) is 25.6 Å². The summed E-state index contributed by atoms with van der Waals surface area (Å²) in [6.45, 7) is 11.7. The maximum atomic E-state index is 12.2. The minimum absolute atomic E-state index is 0.345. The first-order valence-corrected chi connectivity index (χ1v) is 11.2. The van der Waals surface area contributed by atoms with Gasteiger partial charge in [0.1, 0.15) is 17.5 Å². The van der Waals surface area contributed by atoms with Gasteiger partial charge in [-0.3, -0.25) is 25.5 Å². The maximum absolute atomic E-state index is 12.2. The van der Waals surface area contributed by atoms with Crippen LogP contribution in [0.25, 0.3) is 0 Å². The van der Waals surface area contributed by atoms with Crippen molar-refractivity contribution >= 4 is 0 Å². The summed E-state index contributed by atoms with van der Waals surface area (Å²) in [5, 5.41) is 27.7. The summed E-state index contributed by atoms with van der Waals surface area (Å²) in [7, 11) is 0. The molecule has 2 aromatic carbocycles. The average molecular weight is 440 g/mol. The number of hydrogen-bond donors (Lipinski definition) is 1. The van der Waals surface area contributed by atoms with Gasteiger partial charge in [-0.2, -0.15) is 0 Å². The van der Waals surface area contributed by atoms with E-state index in [1.165, 1.54) is 0 Å². The predicted octanol–water partition coefficient (Wildman–Crippen LogP) is 5.64. The van der Waals surface area contributed by atoms with Crippen LogP contribution in [0.1, 0.15) is 87.7 Å². The van der Waals surface area contributed by atoms with E-state index in [-0.39, 0.29) is 9.85 Å². The number of nitrogens with one attached hydrogen (secondary N) is 1. The van der Waals surface area contributed by atoms with E-state index in [0.29, 0.717) is 11.8 Å². The van der Waals surface area contributed by atoms with Crippen molar-refractivity contribution in [3.63, 3.8) is 0 Å². The van der Waals surface area contributed by atoms with E-state index in [1.807, 2.05) is 48.5 Å². The molecule has 172 valence electrons. The van der Waals surface area contributed by atoms with Gasteiger partial charge in [0.05, 0.1) is 0 Å². The van der Waals surface area contributed by atoms with E-state index < -0.39 is 29.6 Å². The fraction of sp³-hybridized carbons (Fsp3) is 0.520. The van der Waals surface area contributed by atoms with Gasteiger partial charge in [-0.05, 0) is 47.9 Å². The second-order valence-corrected chi connectivity index (χ2v) is 10.0. The van der Waals surface area contributed by atoms with E-state index in [4.69, 9.17) is 0 Å². The number of rotatable bonds is 6. The number of hydrogen-bond acceptors (Lipinski definition) is 5. The van der Waals surface area contributed by atoms with Crippen molar-refractivity contribution in [1.82, 2.24) is 5.32 Å². The van der Waals surface area contributed by atoms with Gasteiger partial charge >= 0.3 is 0 Å². The summed E-state index contributed by atoms with van der Waals surface area (Å²) in [4.78, 5) is 23.7. The van der Waals surface area contributed by atoms with Crippen LogP contribution in [-0.4, -0.2) is 21.9 Å². The highest BCUT2D eigenvalue weighted by Crippen LogP contribution is 2.47. The van der Waals surface area contributed by atoms with Crippen LogP contribution in [0.15, 0.2) is 48.5 Å². The smallest absolute Gasteiger partial charge is 0.243 e. The van der Waals surface area contributed by atoms with E-state index in [9.17, 15) is 20.2 Å². The molecule has 1 aliphatic rings. The zero-order chi connectivity index (χ0) is 23.8. The minimum atomic E-state index is -1.18. The molecule has 1 aliphatic heterocycles. The predicted molar refractivity (Wildman–Crippen MR) is 125 cm³/mol. The Balaban J connectivity index is 2.10. The van der Waals surface area contributed by atoms with Crippen LogP contribution < -0.4 is 5.32 Å². The summed E-state index contributed by atoms with van der Waals surface area (Å²) in [5.74, 6) is 0.689. The molecule has 0 saturated carbocycles. The summed E-state index contributed by atoms with van der Waals surface area (Å²) < 4.78 is 0. The molecule has 0 unspecified atom stereocenters. The van der Waals surface area contributed by atoms with Crippen LogP contribution in [-0.2, 0) is 0 Å². The van der Waals surface area contributed by atoms with E-state index in [1.54, 1.807) is 13.8 Å². The molecule has 1 N–H and O–H groups in total. The molecular weight excluding hydrogens is 406 g/mol. The van der Waals surface area contributed by atoms with Crippen LogP contribution in [0.2, 0.25) is 0 Å². The molecule has 32 heavy (non-hydrogen) atoms. The second kappa shape index (κ2) is 8.98. The summed E-state index contributed by atoms with van der Waals surface area (Å²) >= 11 is 0. The molecule has 7 nitrogen and oxygen atoms in total. The molecule has 1 heterocycles. The first-order valence-electron chi connectivity index (χ1n) is 11.2. The number of nitrogens with zero attached hydrogens (tertiary/aromatic N) is 2. The van der Waals surface area contributed by atoms with Gasteiger partial charge in [0.2, 0.25) is 12.1 Å². The Morgan fingerprint density at radius 1 is 0.719 bits per heavy atom. The number of nitro groups is 2. The molecule has 0 radical (unpaired) electrons. The van der Waals surface area contributed by atoms with E-state index in [0.717, 1.165) is 22.3 Å². The molecule has 0 bridgehead atoms. The fourth-order valence-corrected chi connectivity index (χ4v) is 4.93. The topological polar surface area (TPSA) is 98.3 Å². The zero-order valence-corrected chi connectivity index (χ0v) is 19.6. The molecule has 0 aliphatic carbocycles. The Morgan fingerprint density at radius 2 is 1.03 bits per heavy atom. The summed E-state index contributed by atoms with van der Waals surface area (Å²) in [6, 6.07) is 12.0. The molecule has 1 fully saturated rings. The van der Waals surface area contributed by atoms with Crippen molar-refractivity contribution in [3.05, 3.63) is 91.0 Å². The van der Waals surface area contributed by atoms with Gasteiger partial charge in [-0.1, -0.05) is 76.2 Å². The maximum Gasteiger partial charge on any atom is 0.243 e. The van der Waals surface area contributed by atoms with Gasteiger partial charge in [-0.25, -0.2) is 0 Å². The lowest BCUT2D eigenvalue weighted by atomic mass is 9.66. The highest BCUT2D eigenvalue weighted by atomic mass is 16.6. The first kappa shape index (κ1) is 23.9. The second-order valence-electron chi connectivity index (χ2n) is 10.0. The summed E-state index contributed by atoms with van der Waals surface area (Å²) in [5.41, 5.74) is 2.65. The fourth-order valence-electron chi connectivity index (χ4n) is 4.93. The van der Waals surface area contributed by atoms with Crippen molar-refractivity contribution in [1.29, 1.82) is 0 Å². The molecule has 7 heteroatoms. The Bertz CT molecular complexity index is 890. The normalized spacial score (nSPS) is 25.1. The Hall–Kier alpha value is -2.80. The van der Waals surface area contributed by atoms with Gasteiger partial charge < -0.3 is 0 Å². The Morgan fingerprint density at radius 3 is 1.28 bits per heavy atom. The third-order valence-corrected chi connectivity index (χ3v) is 6.89. The van der Waals surface area contributed by atoms with Crippen LogP contribution >= 0.6 is 0 Å². The molecule has 4 atom stereocenters. The highest BCUT2D eigenvalue weighted by molar-refractivity contribution is 5.33. The monoisotopic (exact) mass is 439 g/mol. The highest BCUT2D eigenvalue weighted by Gasteiger charge is 2.62. The molecule has 0 aromatic heterocycles. The van der Waals surface area contributed by atoms with Gasteiger partial charge in [0.15, 0.2) is 0 Å². The average Bonchev–Trinajstić information content (AvgIpc) is 2.71. The number of benzene rings is 2. The standard InChI is InChI=1S/C25H33N3O4/c1-15(2)17-7-11-19(12-8-17)21-23(27(29)30)25(5,6)24(28(31)32)22(26-21)20-13-9-18(10-14-20)16(3)4/h7-16,21-24,26H,1-6H3/t21-,22-,23+,24+/m0/s1. The van der Waals surface area contributed by atoms with Gasteiger partial charge in [-0.15, -0.1) is 0 Å². The lowest BCUT2D eigenvalue weighted by Crippen LogP contribution is -2.63. The number of piperidine rings is 1. The van der Waals surface area contributed by atoms with Crippen LogP contribution in [0.4, 0.5) is 0 Å². The van der Waals surface area contributed by atoms with Crippen LogP contribution in [0.3, 0.4) is 0 Å². The lowest BCUT2D eigenvalue weighted by Gasteiger charge is -2.44. The lowest BCUT2D eigenvalue weighted by molar-refractivity contribution is -0.605. The van der Waals surface area contributed by atoms with Crippen molar-refractivity contribution < 1.29 is 9.85 Å². The van der Waals surface area contributed by atoms with Crippen molar-refractivity contribution in [2.24, 2.45) is 5.41 Å². The Kier molecular flexibility index (Phi) is 6.69. The minimum Gasteiger partial charge on any atom is -0.291 e. The van der Waals surface area contributed by atoms with E-state index >= 15 is 0 Å². The SMILES string of the molecule is CC(C)c1ccc([C@@H]2N[C@@H](c3ccc(C(C)C)cc3)[C@@H]([N+](=O)[O-])C(C)(C)[C@@H]2[N+](=O)[O-])cc1. The largest absolute Gasteiger partial charge is 0.291 e. The van der Waals surface area contributed by atoms with Crippen molar-refractivity contribution in [3.8, 4) is 0 Å². The van der Waals surface area contributed by atoms with Crippen molar-refractivity contribution in [2.45, 2.75) is 77.5 Å². The van der Waals surface area contributed by atoms with Crippen molar-refractivity contribution in [2.75, 3.05) is 0 Å². The molecule has 2 aromatic rings. The van der Waals surface area contributed by atoms with Gasteiger partial charge in [0.25, 0.3) is 0 Å².